The van der Waals surface area contributed by atoms with Gasteiger partial charge >= 0.3 is 0 Å². The van der Waals surface area contributed by atoms with E-state index in [1.807, 2.05) is 0 Å². The number of hydrogen-bond donors (Lipinski definition) is 1. The van der Waals surface area contributed by atoms with E-state index in [2.05, 4.69) is 91.5 Å². The molecular weight excluding hydrogens is 376 g/mol. The first-order valence-corrected chi connectivity index (χ1v) is 11.5. The average molecular weight is 406 g/mol. The highest BCUT2D eigenvalue weighted by Crippen LogP contribution is 2.35. The maximum Gasteiger partial charge on any atom is 0.104 e. The first-order valence-electron chi connectivity index (χ1n) is 11.5. The van der Waals surface area contributed by atoms with Crippen molar-refractivity contribution in [3.05, 3.63) is 89.5 Å². The lowest BCUT2D eigenvalue weighted by atomic mass is 9.92. The van der Waals surface area contributed by atoms with E-state index in [9.17, 15) is 0 Å². The summed E-state index contributed by atoms with van der Waals surface area (Å²) >= 11 is 0. The summed E-state index contributed by atoms with van der Waals surface area (Å²) in [5.74, 6) is 0. The summed E-state index contributed by atoms with van der Waals surface area (Å²) in [4.78, 5) is 4.27. The third kappa shape index (κ3) is 3.14. The van der Waals surface area contributed by atoms with Crippen LogP contribution in [0.5, 0.6) is 0 Å². The second-order valence-electron chi connectivity index (χ2n) is 9.28. The van der Waals surface area contributed by atoms with Gasteiger partial charge in [-0.3, -0.25) is 0 Å². The van der Waals surface area contributed by atoms with Crippen molar-refractivity contribution in [1.29, 1.82) is 0 Å². The topological polar surface area (TPSA) is 7.68 Å². The molecule has 1 aliphatic rings. The quantitative estimate of drug-likeness (QED) is 0.410. The Morgan fingerprint density at radius 1 is 0.742 bits per heavy atom. The maximum atomic E-state index is 2.58. The minimum Gasteiger partial charge on any atom is -0.360 e. The van der Waals surface area contributed by atoms with Gasteiger partial charge in [0.05, 0.1) is 26.2 Å². The maximum absolute atomic E-state index is 2.58. The van der Waals surface area contributed by atoms with E-state index in [1.165, 1.54) is 67.8 Å². The van der Waals surface area contributed by atoms with Gasteiger partial charge < -0.3 is 9.80 Å². The number of hydrogen-bond acceptors (Lipinski definition) is 1. The highest BCUT2D eigenvalue weighted by atomic mass is 15.3. The molecule has 1 N–H and O–H groups in total. The molecule has 31 heavy (non-hydrogen) atoms. The van der Waals surface area contributed by atoms with Gasteiger partial charge in [-0.15, -0.1) is 0 Å². The molecular formula is C29H29N2+. The first-order chi connectivity index (χ1) is 15.2. The molecule has 5 aromatic carbocycles. The highest BCUT2D eigenvalue weighted by Gasteiger charge is 2.22. The molecule has 1 heterocycles. The minimum atomic E-state index is 1.11. The van der Waals surface area contributed by atoms with Crippen LogP contribution in [0.4, 0.5) is 5.69 Å². The number of quaternary nitrogens is 1. The summed E-state index contributed by atoms with van der Waals surface area (Å²) in [6.45, 7) is 10.2. The molecule has 0 atom stereocenters. The molecule has 5 aromatic rings. The number of nitrogens with zero attached hydrogens (tertiary/aromatic N) is 1. The van der Waals surface area contributed by atoms with E-state index in [0.29, 0.717) is 0 Å². The number of rotatable bonds is 3. The molecule has 0 aromatic heterocycles. The standard InChI is InChI=1S/C29H28N2/c1-20-6-7-21(2)27(18-20)31-16-14-30(15-17-31)19-25-11-10-24-9-8-22-4-3-5-23-12-13-26(25)29(24)28(22)23/h3-13,18H,14-17,19H2,1-2H3/p+1. The van der Waals surface area contributed by atoms with Crippen molar-refractivity contribution < 1.29 is 4.90 Å². The van der Waals surface area contributed by atoms with Crippen LogP contribution in [0.3, 0.4) is 0 Å². The van der Waals surface area contributed by atoms with Crippen LogP contribution in [0.25, 0.3) is 32.3 Å². The van der Waals surface area contributed by atoms with Crippen LogP contribution in [-0.4, -0.2) is 26.2 Å². The summed E-state index contributed by atoms with van der Waals surface area (Å²) in [5.41, 5.74) is 5.65. The Labute approximate surface area is 184 Å². The van der Waals surface area contributed by atoms with Crippen molar-refractivity contribution in [2.75, 3.05) is 31.1 Å². The minimum absolute atomic E-state index is 1.11. The number of piperazine rings is 1. The molecule has 154 valence electrons. The SMILES string of the molecule is Cc1ccc(C)c(N2CC[NH+](Cc3ccc4ccc5cccc6ccc3c4c56)CC2)c1. The summed E-state index contributed by atoms with van der Waals surface area (Å²) < 4.78 is 0. The number of benzene rings is 5. The van der Waals surface area contributed by atoms with Gasteiger partial charge in [-0.2, -0.15) is 0 Å². The van der Waals surface area contributed by atoms with Gasteiger partial charge in [-0.05, 0) is 63.4 Å². The third-order valence-corrected chi connectivity index (χ3v) is 7.24. The molecule has 0 radical (unpaired) electrons. The lowest BCUT2D eigenvalue weighted by Crippen LogP contribution is -3.13. The zero-order valence-corrected chi connectivity index (χ0v) is 18.4. The Balaban J connectivity index is 1.29. The van der Waals surface area contributed by atoms with Crippen molar-refractivity contribution in [2.45, 2.75) is 20.4 Å². The van der Waals surface area contributed by atoms with E-state index in [0.717, 1.165) is 19.6 Å². The first kappa shape index (κ1) is 18.7. The van der Waals surface area contributed by atoms with Crippen molar-refractivity contribution in [2.24, 2.45) is 0 Å². The van der Waals surface area contributed by atoms with Crippen molar-refractivity contribution in [3.8, 4) is 0 Å². The van der Waals surface area contributed by atoms with E-state index < -0.39 is 0 Å². The van der Waals surface area contributed by atoms with E-state index in [4.69, 9.17) is 0 Å². The second kappa shape index (κ2) is 7.25. The van der Waals surface area contributed by atoms with Gasteiger partial charge in [0, 0.05) is 11.3 Å². The van der Waals surface area contributed by atoms with Crippen molar-refractivity contribution >= 4 is 38.0 Å². The molecule has 2 nitrogen and oxygen atoms in total. The molecule has 0 spiro atoms. The predicted molar refractivity (Wildman–Crippen MR) is 133 cm³/mol. The fourth-order valence-corrected chi connectivity index (χ4v) is 5.52. The Bertz CT molecular complexity index is 1380. The predicted octanol–water partition coefficient (Wildman–Crippen LogP) is 5.11. The Morgan fingerprint density at radius 2 is 1.42 bits per heavy atom. The largest absolute Gasteiger partial charge is 0.360 e. The molecule has 0 bridgehead atoms. The Hall–Kier alpha value is -3.10. The molecule has 6 rings (SSSR count). The van der Waals surface area contributed by atoms with Gasteiger partial charge in [0.15, 0.2) is 0 Å². The monoisotopic (exact) mass is 405 g/mol. The number of anilines is 1. The van der Waals surface area contributed by atoms with Crippen LogP contribution in [0, 0.1) is 13.8 Å². The lowest BCUT2D eigenvalue weighted by molar-refractivity contribution is -0.914. The molecule has 0 aliphatic carbocycles. The molecule has 1 aliphatic heterocycles. The molecule has 2 heteroatoms. The molecule has 0 amide bonds. The summed E-state index contributed by atoms with van der Waals surface area (Å²) in [6.07, 6.45) is 0. The normalized spacial score (nSPS) is 15.5. The molecule has 0 unspecified atom stereocenters. The summed E-state index contributed by atoms with van der Waals surface area (Å²) in [5, 5.41) is 8.36. The van der Waals surface area contributed by atoms with Gasteiger partial charge in [0.2, 0.25) is 0 Å². The number of aryl methyl sites for hydroxylation is 2. The summed E-state index contributed by atoms with van der Waals surface area (Å²) in [6, 6.07) is 27.4. The Kier molecular flexibility index (Phi) is 4.36. The van der Waals surface area contributed by atoms with Gasteiger partial charge in [-0.25, -0.2) is 0 Å². The second-order valence-corrected chi connectivity index (χ2v) is 9.28. The van der Waals surface area contributed by atoms with E-state index in [1.54, 1.807) is 4.90 Å². The molecule has 1 fully saturated rings. The van der Waals surface area contributed by atoms with Crippen LogP contribution < -0.4 is 9.80 Å². The van der Waals surface area contributed by atoms with E-state index >= 15 is 0 Å². The van der Waals surface area contributed by atoms with Gasteiger partial charge in [0.1, 0.15) is 6.54 Å². The third-order valence-electron chi connectivity index (χ3n) is 7.24. The van der Waals surface area contributed by atoms with Crippen LogP contribution in [0.1, 0.15) is 16.7 Å². The van der Waals surface area contributed by atoms with Gasteiger partial charge in [0.25, 0.3) is 0 Å². The van der Waals surface area contributed by atoms with Gasteiger partial charge in [-0.1, -0.05) is 66.7 Å². The average Bonchev–Trinajstić information content (AvgIpc) is 2.80. The molecule has 0 saturated carbocycles. The van der Waals surface area contributed by atoms with Crippen LogP contribution in [0.15, 0.2) is 72.8 Å². The highest BCUT2D eigenvalue weighted by molar-refractivity contribution is 6.23. The Morgan fingerprint density at radius 3 is 2.19 bits per heavy atom. The smallest absolute Gasteiger partial charge is 0.104 e. The lowest BCUT2D eigenvalue weighted by Gasteiger charge is -2.35. The van der Waals surface area contributed by atoms with Crippen LogP contribution >= 0.6 is 0 Å². The van der Waals surface area contributed by atoms with Crippen molar-refractivity contribution in [3.63, 3.8) is 0 Å². The zero-order valence-electron chi connectivity index (χ0n) is 18.4. The van der Waals surface area contributed by atoms with E-state index in [-0.39, 0.29) is 0 Å². The van der Waals surface area contributed by atoms with Crippen LogP contribution in [-0.2, 0) is 6.54 Å². The fourth-order valence-electron chi connectivity index (χ4n) is 5.52. The number of nitrogens with one attached hydrogen (secondary N) is 1. The van der Waals surface area contributed by atoms with Crippen LogP contribution in [0.2, 0.25) is 0 Å². The zero-order chi connectivity index (χ0) is 20.9. The van der Waals surface area contributed by atoms with Crippen molar-refractivity contribution in [1.82, 2.24) is 0 Å². The molecule has 1 saturated heterocycles. The summed E-state index contributed by atoms with van der Waals surface area (Å²) in [7, 11) is 0. The fraction of sp³-hybridized carbons (Fsp3) is 0.241.